The highest BCUT2D eigenvalue weighted by Gasteiger charge is 2.21. The largest absolute Gasteiger partial charge is 0.303 e. The average Bonchev–Trinajstić information content (AvgIpc) is 2.69. The molecule has 2 aromatic carbocycles. The van der Waals surface area contributed by atoms with E-state index in [1.54, 1.807) is 6.07 Å². The van der Waals surface area contributed by atoms with E-state index < -0.39 is 11.6 Å². The molecule has 0 N–H and O–H groups in total. The summed E-state index contributed by atoms with van der Waals surface area (Å²) in [5, 5.41) is 1.76. The van der Waals surface area contributed by atoms with Gasteiger partial charge in [0.2, 0.25) is 0 Å². The van der Waals surface area contributed by atoms with Gasteiger partial charge in [0.05, 0.1) is 5.52 Å². The van der Waals surface area contributed by atoms with Crippen LogP contribution in [-0.2, 0) is 6.42 Å². The summed E-state index contributed by atoms with van der Waals surface area (Å²) in [4.78, 5) is 8.17. The molecule has 0 amide bonds. The van der Waals surface area contributed by atoms with Gasteiger partial charge in [-0.2, -0.15) is 0 Å². The molecule has 0 atom stereocenters. The van der Waals surface area contributed by atoms with E-state index in [0.717, 1.165) is 44.1 Å². The standard InChI is InChI=1S/C22H22F2N2S/c23-18-7-6-16(20(24)15-18)8-12-26-13-9-19(10-14-26)27-21-5-1-3-17-4-2-11-25-22(17)21/h1-7,11,15,19H,8-10,12-14H2. The van der Waals surface area contributed by atoms with Crippen molar-refractivity contribution < 1.29 is 8.78 Å². The topological polar surface area (TPSA) is 16.1 Å². The normalized spacial score (nSPS) is 16.1. The lowest BCUT2D eigenvalue weighted by Crippen LogP contribution is -2.36. The van der Waals surface area contributed by atoms with Gasteiger partial charge in [-0.25, -0.2) is 8.78 Å². The van der Waals surface area contributed by atoms with Gasteiger partial charge in [0.25, 0.3) is 0 Å². The molecule has 3 aromatic rings. The van der Waals surface area contributed by atoms with Crippen molar-refractivity contribution in [3.05, 3.63) is 71.9 Å². The molecule has 5 heteroatoms. The summed E-state index contributed by atoms with van der Waals surface area (Å²) >= 11 is 1.92. The van der Waals surface area contributed by atoms with E-state index in [4.69, 9.17) is 0 Å². The molecular weight excluding hydrogens is 362 g/mol. The number of halogens is 2. The lowest BCUT2D eigenvalue weighted by atomic mass is 10.1. The minimum atomic E-state index is -0.517. The van der Waals surface area contributed by atoms with E-state index >= 15 is 0 Å². The Morgan fingerprint density at radius 3 is 2.67 bits per heavy atom. The first-order chi connectivity index (χ1) is 13.2. The van der Waals surface area contributed by atoms with Gasteiger partial charge in [-0.05, 0) is 56.1 Å². The van der Waals surface area contributed by atoms with Crippen molar-refractivity contribution in [3.8, 4) is 0 Å². The Kier molecular flexibility index (Phi) is 5.69. The molecule has 140 valence electrons. The second-order valence-corrected chi connectivity index (χ2v) is 8.32. The predicted molar refractivity (Wildman–Crippen MR) is 107 cm³/mol. The monoisotopic (exact) mass is 384 g/mol. The molecule has 1 aliphatic heterocycles. The number of hydrogen-bond donors (Lipinski definition) is 0. The molecule has 0 bridgehead atoms. The third-order valence-electron chi connectivity index (χ3n) is 5.14. The quantitative estimate of drug-likeness (QED) is 0.593. The number of para-hydroxylation sites is 1. The molecule has 1 aromatic heterocycles. The van der Waals surface area contributed by atoms with Crippen LogP contribution in [0, 0.1) is 11.6 Å². The van der Waals surface area contributed by atoms with Crippen molar-refractivity contribution >= 4 is 22.7 Å². The molecule has 0 radical (unpaired) electrons. The molecule has 0 unspecified atom stereocenters. The molecule has 0 saturated carbocycles. The predicted octanol–water partition coefficient (Wildman–Crippen LogP) is 5.31. The van der Waals surface area contributed by atoms with Crippen molar-refractivity contribution in [3.63, 3.8) is 0 Å². The van der Waals surface area contributed by atoms with Gasteiger partial charge in [-0.1, -0.05) is 24.3 Å². The van der Waals surface area contributed by atoms with Crippen molar-refractivity contribution in [2.45, 2.75) is 29.4 Å². The van der Waals surface area contributed by atoms with Crippen LogP contribution in [0.2, 0.25) is 0 Å². The van der Waals surface area contributed by atoms with E-state index in [-0.39, 0.29) is 0 Å². The maximum Gasteiger partial charge on any atom is 0.129 e. The minimum Gasteiger partial charge on any atom is -0.303 e. The molecule has 2 nitrogen and oxygen atoms in total. The summed E-state index contributed by atoms with van der Waals surface area (Å²) in [6.45, 7) is 2.84. The number of pyridine rings is 1. The SMILES string of the molecule is Fc1ccc(CCN2CCC(Sc3cccc4cccnc34)CC2)c(F)c1. The Morgan fingerprint density at radius 1 is 1.04 bits per heavy atom. The summed E-state index contributed by atoms with van der Waals surface area (Å²) in [6, 6.07) is 14.3. The number of benzene rings is 2. The Bertz CT molecular complexity index is 918. The third-order valence-corrected chi connectivity index (χ3v) is 6.52. The number of rotatable bonds is 5. The van der Waals surface area contributed by atoms with E-state index in [1.165, 1.54) is 16.3 Å². The third kappa shape index (κ3) is 4.47. The Balaban J connectivity index is 1.31. The van der Waals surface area contributed by atoms with Crippen LogP contribution in [0.1, 0.15) is 18.4 Å². The maximum absolute atomic E-state index is 13.8. The van der Waals surface area contributed by atoms with Crippen LogP contribution in [0.4, 0.5) is 8.78 Å². The number of nitrogens with zero attached hydrogens (tertiary/aromatic N) is 2. The molecule has 1 fully saturated rings. The second-order valence-electron chi connectivity index (χ2n) is 6.98. The number of fused-ring (bicyclic) bond motifs is 1. The molecule has 1 saturated heterocycles. The van der Waals surface area contributed by atoms with Crippen LogP contribution in [-0.4, -0.2) is 34.8 Å². The lowest BCUT2D eigenvalue weighted by molar-refractivity contribution is 0.235. The summed E-state index contributed by atoms with van der Waals surface area (Å²) < 4.78 is 26.8. The fourth-order valence-electron chi connectivity index (χ4n) is 3.60. The molecular formula is C22H22F2N2S. The minimum absolute atomic E-state index is 0.441. The Labute approximate surface area is 162 Å². The van der Waals surface area contributed by atoms with Crippen molar-refractivity contribution in [1.29, 1.82) is 0 Å². The van der Waals surface area contributed by atoms with E-state index in [9.17, 15) is 8.78 Å². The number of aromatic nitrogens is 1. The molecule has 1 aliphatic rings. The van der Waals surface area contributed by atoms with E-state index in [2.05, 4.69) is 34.1 Å². The smallest absolute Gasteiger partial charge is 0.129 e. The van der Waals surface area contributed by atoms with Gasteiger partial charge >= 0.3 is 0 Å². The van der Waals surface area contributed by atoms with Crippen LogP contribution in [0.5, 0.6) is 0 Å². The van der Waals surface area contributed by atoms with Gasteiger partial charge < -0.3 is 4.90 Å². The van der Waals surface area contributed by atoms with Crippen molar-refractivity contribution in [2.24, 2.45) is 0 Å². The number of likely N-dealkylation sites (tertiary alicyclic amines) is 1. The number of hydrogen-bond acceptors (Lipinski definition) is 3. The van der Waals surface area contributed by atoms with Crippen LogP contribution in [0.15, 0.2) is 59.6 Å². The van der Waals surface area contributed by atoms with Gasteiger partial charge in [0, 0.05) is 34.3 Å². The van der Waals surface area contributed by atoms with Crippen LogP contribution in [0.25, 0.3) is 10.9 Å². The Hall–Kier alpha value is -1.98. The second kappa shape index (κ2) is 8.36. The maximum atomic E-state index is 13.8. The highest BCUT2D eigenvalue weighted by atomic mass is 32.2. The number of piperidine rings is 1. The molecule has 0 aliphatic carbocycles. The van der Waals surface area contributed by atoms with Crippen molar-refractivity contribution in [2.75, 3.05) is 19.6 Å². The zero-order chi connectivity index (χ0) is 18.6. The molecule has 2 heterocycles. The van der Waals surface area contributed by atoms with Crippen LogP contribution >= 0.6 is 11.8 Å². The summed E-state index contributed by atoms with van der Waals surface area (Å²) in [5.74, 6) is -0.957. The summed E-state index contributed by atoms with van der Waals surface area (Å²) in [7, 11) is 0. The molecule has 4 rings (SSSR count). The zero-order valence-corrected chi connectivity index (χ0v) is 15.9. The average molecular weight is 384 g/mol. The first-order valence-electron chi connectivity index (χ1n) is 9.36. The molecule has 0 spiro atoms. The van der Waals surface area contributed by atoms with Crippen LogP contribution in [0.3, 0.4) is 0 Å². The highest BCUT2D eigenvalue weighted by Crippen LogP contribution is 2.34. The van der Waals surface area contributed by atoms with Gasteiger partial charge in [0.1, 0.15) is 11.6 Å². The first kappa shape index (κ1) is 18.4. The first-order valence-corrected chi connectivity index (χ1v) is 10.2. The van der Waals surface area contributed by atoms with Crippen LogP contribution < -0.4 is 0 Å². The van der Waals surface area contributed by atoms with Gasteiger partial charge in [-0.3, -0.25) is 4.98 Å². The fraction of sp³-hybridized carbons (Fsp3) is 0.318. The summed E-state index contributed by atoms with van der Waals surface area (Å²) in [5.41, 5.74) is 1.67. The number of thioether (sulfide) groups is 1. The van der Waals surface area contributed by atoms with E-state index in [1.807, 2.05) is 24.0 Å². The zero-order valence-electron chi connectivity index (χ0n) is 15.1. The highest BCUT2D eigenvalue weighted by molar-refractivity contribution is 8.00. The summed E-state index contributed by atoms with van der Waals surface area (Å²) in [6.07, 6.45) is 4.69. The van der Waals surface area contributed by atoms with Crippen molar-refractivity contribution in [1.82, 2.24) is 9.88 Å². The van der Waals surface area contributed by atoms with E-state index in [0.29, 0.717) is 17.2 Å². The Morgan fingerprint density at radius 2 is 1.85 bits per heavy atom. The molecule has 27 heavy (non-hydrogen) atoms. The van der Waals surface area contributed by atoms with Gasteiger partial charge in [-0.15, -0.1) is 11.8 Å². The lowest BCUT2D eigenvalue weighted by Gasteiger charge is -2.31. The fourth-order valence-corrected chi connectivity index (χ4v) is 4.85. The van der Waals surface area contributed by atoms with Gasteiger partial charge in [0.15, 0.2) is 0 Å².